The van der Waals surface area contributed by atoms with Gasteiger partial charge in [-0.05, 0) is 25.0 Å². The highest BCUT2D eigenvalue weighted by Gasteiger charge is 2.04. The van der Waals surface area contributed by atoms with E-state index in [1.807, 2.05) is 0 Å². The van der Waals surface area contributed by atoms with E-state index < -0.39 is 0 Å². The molecule has 0 aliphatic heterocycles. The van der Waals surface area contributed by atoms with Crippen molar-refractivity contribution in [3.05, 3.63) is 36.4 Å². The van der Waals surface area contributed by atoms with Gasteiger partial charge in [0.25, 0.3) is 0 Å². The van der Waals surface area contributed by atoms with Crippen LogP contribution in [0.4, 0.5) is 11.4 Å². The standard InChI is InChI=1S/C18H26N2/c1-3-5-13-19-17-11-7-10-16-15(17)9-8-12-18(16)20-14-6-4-2/h7-12,19-20H,3-6,13-14H2,1-2H3. The molecule has 2 nitrogen and oxygen atoms in total. The van der Waals surface area contributed by atoms with Gasteiger partial charge in [-0.15, -0.1) is 0 Å². The average molecular weight is 270 g/mol. The zero-order chi connectivity index (χ0) is 14.2. The molecular weight excluding hydrogens is 244 g/mol. The fraction of sp³-hybridized carbons (Fsp3) is 0.444. The van der Waals surface area contributed by atoms with Gasteiger partial charge in [0.2, 0.25) is 0 Å². The lowest BCUT2D eigenvalue weighted by molar-refractivity contribution is 0.834. The number of unbranched alkanes of at least 4 members (excludes halogenated alkanes) is 2. The van der Waals surface area contributed by atoms with Gasteiger partial charge in [-0.3, -0.25) is 0 Å². The molecule has 0 atom stereocenters. The molecule has 0 saturated heterocycles. The molecule has 0 heterocycles. The van der Waals surface area contributed by atoms with Gasteiger partial charge in [0.05, 0.1) is 0 Å². The second kappa shape index (κ2) is 7.78. The Balaban J connectivity index is 2.21. The van der Waals surface area contributed by atoms with E-state index >= 15 is 0 Å². The van der Waals surface area contributed by atoms with Gasteiger partial charge < -0.3 is 10.6 Å². The van der Waals surface area contributed by atoms with E-state index in [1.165, 1.54) is 47.8 Å². The maximum Gasteiger partial charge on any atom is 0.0420 e. The number of benzene rings is 2. The molecule has 0 saturated carbocycles. The first-order valence-corrected chi connectivity index (χ1v) is 7.86. The number of rotatable bonds is 8. The Hall–Kier alpha value is -1.70. The first-order chi connectivity index (χ1) is 9.86. The largest absolute Gasteiger partial charge is 0.385 e. The predicted molar refractivity (Wildman–Crippen MR) is 90.7 cm³/mol. The summed E-state index contributed by atoms with van der Waals surface area (Å²) in [5.41, 5.74) is 2.49. The molecule has 2 aromatic carbocycles. The molecule has 0 unspecified atom stereocenters. The maximum absolute atomic E-state index is 3.56. The molecule has 2 heteroatoms. The summed E-state index contributed by atoms with van der Waals surface area (Å²) < 4.78 is 0. The fourth-order valence-electron chi connectivity index (χ4n) is 2.42. The Labute approximate surface area is 122 Å². The van der Waals surface area contributed by atoms with Gasteiger partial charge in [-0.25, -0.2) is 0 Å². The van der Waals surface area contributed by atoms with Crippen LogP contribution in [0.1, 0.15) is 39.5 Å². The molecule has 20 heavy (non-hydrogen) atoms. The van der Waals surface area contributed by atoms with E-state index in [4.69, 9.17) is 0 Å². The van der Waals surface area contributed by atoms with Crippen LogP contribution in [0.5, 0.6) is 0 Å². The minimum Gasteiger partial charge on any atom is -0.385 e. The summed E-state index contributed by atoms with van der Waals surface area (Å²) in [5, 5.41) is 9.73. The van der Waals surface area contributed by atoms with Gasteiger partial charge >= 0.3 is 0 Å². The van der Waals surface area contributed by atoms with Crippen LogP contribution in [0.25, 0.3) is 10.8 Å². The topological polar surface area (TPSA) is 24.1 Å². The predicted octanol–water partition coefficient (Wildman–Crippen LogP) is 5.26. The molecule has 0 aliphatic carbocycles. The van der Waals surface area contributed by atoms with Gasteiger partial charge in [0.1, 0.15) is 0 Å². The van der Waals surface area contributed by atoms with Crippen molar-refractivity contribution in [2.45, 2.75) is 39.5 Å². The number of hydrogen-bond acceptors (Lipinski definition) is 2. The molecule has 2 N–H and O–H groups in total. The molecule has 0 aromatic heterocycles. The van der Waals surface area contributed by atoms with Gasteiger partial charge in [-0.2, -0.15) is 0 Å². The van der Waals surface area contributed by atoms with E-state index in [-0.39, 0.29) is 0 Å². The van der Waals surface area contributed by atoms with E-state index in [9.17, 15) is 0 Å². The van der Waals surface area contributed by atoms with Crippen molar-refractivity contribution in [3.8, 4) is 0 Å². The Morgan fingerprint density at radius 2 is 1.15 bits per heavy atom. The molecule has 0 bridgehead atoms. The average Bonchev–Trinajstić information content (AvgIpc) is 2.48. The number of hydrogen-bond donors (Lipinski definition) is 2. The van der Waals surface area contributed by atoms with Crippen LogP contribution in [-0.2, 0) is 0 Å². The first-order valence-electron chi connectivity index (χ1n) is 7.86. The monoisotopic (exact) mass is 270 g/mol. The van der Waals surface area contributed by atoms with Crippen LogP contribution in [0, 0.1) is 0 Å². The maximum atomic E-state index is 3.56. The lowest BCUT2D eigenvalue weighted by Crippen LogP contribution is -2.03. The van der Waals surface area contributed by atoms with Crippen LogP contribution in [0.3, 0.4) is 0 Å². The second-order valence-corrected chi connectivity index (χ2v) is 5.27. The molecule has 0 fully saturated rings. The van der Waals surface area contributed by atoms with Crippen molar-refractivity contribution in [2.75, 3.05) is 23.7 Å². The zero-order valence-corrected chi connectivity index (χ0v) is 12.7. The third-order valence-corrected chi connectivity index (χ3v) is 3.61. The van der Waals surface area contributed by atoms with E-state index in [2.05, 4.69) is 60.9 Å². The minimum absolute atomic E-state index is 1.04. The lowest BCUT2D eigenvalue weighted by atomic mass is 10.1. The highest BCUT2D eigenvalue weighted by Crippen LogP contribution is 2.29. The summed E-state index contributed by atoms with van der Waals surface area (Å²) >= 11 is 0. The van der Waals surface area contributed by atoms with Crippen LogP contribution >= 0.6 is 0 Å². The van der Waals surface area contributed by atoms with Crippen molar-refractivity contribution in [1.82, 2.24) is 0 Å². The van der Waals surface area contributed by atoms with Crippen LogP contribution in [0.2, 0.25) is 0 Å². The molecule has 0 spiro atoms. The van der Waals surface area contributed by atoms with Crippen molar-refractivity contribution >= 4 is 22.1 Å². The smallest absolute Gasteiger partial charge is 0.0420 e. The fourth-order valence-corrected chi connectivity index (χ4v) is 2.42. The van der Waals surface area contributed by atoms with Gasteiger partial charge in [0.15, 0.2) is 0 Å². The quantitative estimate of drug-likeness (QED) is 0.639. The Kier molecular flexibility index (Phi) is 5.72. The summed E-state index contributed by atoms with van der Waals surface area (Å²) in [6.07, 6.45) is 4.87. The highest BCUT2D eigenvalue weighted by molar-refractivity contribution is 6.01. The summed E-state index contributed by atoms with van der Waals surface area (Å²) in [6.45, 7) is 6.54. The summed E-state index contributed by atoms with van der Waals surface area (Å²) in [5.74, 6) is 0. The Bertz CT molecular complexity index is 485. The lowest BCUT2D eigenvalue weighted by Gasteiger charge is -2.13. The van der Waals surface area contributed by atoms with Crippen LogP contribution in [-0.4, -0.2) is 13.1 Å². The van der Waals surface area contributed by atoms with Gasteiger partial charge in [-0.1, -0.05) is 51.0 Å². The van der Waals surface area contributed by atoms with Crippen LogP contribution in [0.15, 0.2) is 36.4 Å². The van der Waals surface area contributed by atoms with Crippen molar-refractivity contribution in [3.63, 3.8) is 0 Å². The molecule has 0 amide bonds. The SMILES string of the molecule is CCCCNc1cccc2c(NCCCC)cccc12. The van der Waals surface area contributed by atoms with Crippen molar-refractivity contribution < 1.29 is 0 Å². The summed E-state index contributed by atoms with van der Waals surface area (Å²) in [7, 11) is 0. The second-order valence-electron chi connectivity index (χ2n) is 5.27. The summed E-state index contributed by atoms with van der Waals surface area (Å²) in [6, 6.07) is 13.0. The van der Waals surface area contributed by atoms with Crippen molar-refractivity contribution in [2.24, 2.45) is 0 Å². The highest BCUT2D eigenvalue weighted by atomic mass is 14.9. The van der Waals surface area contributed by atoms with Crippen molar-refractivity contribution in [1.29, 1.82) is 0 Å². The normalized spacial score (nSPS) is 10.7. The molecule has 2 rings (SSSR count). The molecule has 2 aromatic rings. The summed E-state index contributed by atoms with van der Waals surface area (Å²) in [4.78, 5) is 0. The third kappa shape index (κ3) is 3.66. The minimum atomic E-state index is 1.04. The number of fused-ring (bicyclic) bond motifs is 1. The first kappa shape index (κ1) is 14.7. The molecule has 108 valence electrons. The number of anilines is 2. The zero-order valence-electron chi connectivity index (χ0n) is 12.7. The molecular formula is C18H26N2. The Morgan fingerprint density at radius 3 is 1.55 bits per heavy atom. The molecule has 0 radical (unpaired) electrons. The van der Waals surface area contributed by atoms with E-state index in [0.717, 1.165) is 13.1 Å². The molecule has 0 aliphatic rings. The number of nitrogens with one attached hydrogen (secondary N) is 2. The van der Waals surface area contributed by atoms with E-state index in [0.29, 0.717) is 0 Å². The Morgan fingerprint density at radius 1 is 0.700 bits per heavy atom. The van der Waals surface area contributed by atoms with Crippen LogP contribution < -0.4 is 10.6 Å². The van der Waals surface area contributed by atoms with Gasteiger partial charge in [0, 0.05) is 35.2 Å². The van der Waals surface area contributed by atoms with E-state index in [1.54, 1.807) is 0 Å². The third-order valence-electron chi connectivity index (χ3n) is 3.61.